The smallest absolute Gasteiger partial charge is 0.164 e. The molecule has 0 fully saturated rings. The van der Waals surface area contributed by atoms with Crippen LogP contribution in [0, 0.1) is 0 Å². The quantitative estimate of drug-likeness (QED) is 0.181. The molecule has 13 aromatic rings. The summed E-state index contributed by atoms with van der Waals surface area (Å²) in [5.74, 6) is 1.81. The van der Waals surface area contributed by atoms with Crippen LogP contribution < -0.4 is 0 Å². The van der Waals surface area contributed by atoms with Crippen molar-refractivity contribution in [3.8, 4) is 39.9 Å². The van der Waals surface area contributed by atoms with Crippen LogP contribution >= 0.6 is 0 Å². The third-order valence-electron chi connectivity index (χ3n) is 11.7. The lowest BCUT2D eigenvalue weighted by atomic mass is 10.1. The molecule has 0 aliphatic heterocycles. The van der Waals surface area contributed by atoms with E-state index in [1.54, 1.807) is 0 Å². The highest BCUT2D eigenvalue weighted by Gasteiger charge is 2.20. The number of nitrogens with zero attached hydrogens (tertiary/aromatic N) is 5. The molecule has 13 rings (SSSR count). The van der Waals surface area contributed by atoms with Crippen molar-refractivity contribution in [3.05, 3.63) is 176 Å². The molecule has 0 saturated heterocycles. The van der Waals surface area contributed by atoms with Gasteiger partial charge in [0.15, 0.2) is 17.5 Å². The topological polar surface area (TPSA) is 61.2 Å². The summed E-state index contributed by atoms with van der Waals surface area (Å²) in [6.07, 6.45) is 0. The third kappa shape index (κ3) is 4.32. The summed E-state index contributed by atoms with van der Waals surface area (Å²) in [6, 6.07) is 62.0. The van der Waals surface area contributed by atoms with Gasteiger partial charge in [-0.2, -0.15) is 0 Å². The lowest BCUT2D eigenvalue weighted by Crippen LogP contribution is -2.00. The molecule has 0 amide bonds. The molecule has 264 valence electrons. The van der Waals surface area contributed by atoms with Crippen molar-refractivity contribution in [2.45, 2.75) is 0 Å². The molecule has 5 aromatic heterocycles. The molecule has 8 aromatic carbocycles. The van der Waals surface area contributed by atoms with Crippen LogP contribution in [-0.2, 0) is 0 Å². The lowest BCUT2D eigenvalue weighted by Gasteiger charge is -2.11. The van der Waals surface area contributed by atoms with E-state index in [0.29, 0.717) is 17.5 Å². The third-order valence-corrected chi connectivity index (χ3v) is 11.7. The fourth-order valence-electron chi connectivity index (χ4n) is 9.16. The van der Waals surface area contributed by atoms with Gasteiger partial charge >= 0.3 is 0 Å². The molecule has 0 radical (unpaired) electrons. The molecular formula is C51H29N5O. The Balaban J connectivity index is 1.04. The van der Waals surface area contributed by atoms with Crippen molar-refractivity contribution in [1.82, 2.24) is 23.9 Å². The van der Waals surface area contributed by atoms with E-state index in [0.717, 1.165) is 55.3 Å². The standard InChI is InChI=1S/C51H29N5O/c1-2-11-30(12-3-1)49-52-50(54-51(53-49)32-22-25-39-38-15-6-9-20-46(38)57-47(39)28-32)31-21-24-36-34-13-4-7-18-42(34)55(44(36)27-31)33-23-26-37-41-17-10-16-40-35-14-5-8-19-43(35)56(48(40)41)45(37)29-33/h1-29H. The van der Waals surface area contributed by atoms with Crippen LogP contribution in [0.15, 0.2) is 180 Å². The Bertz CT molecular complexity index is 3760. The first-order chi connectivity index (χ1) is 28.2. The van der Waals surface area contributed by atoms with Gasteiger partial charge in [0.1, 0.15) is 11.2 Å². The van der Waals surface area contributed by atoms with E-state index in [-0.39, 0.29) is 0 Å². The van der Waals surface area contributed by atoms with Gasteiger partial charge in [-0.3, -0.25) is 0 Å². The van der Waals surface area contributed by atoms with E-state index in [1.165, 1.54) is 48.9 Å². The van der Waals surface area contributed by atoms with E-state index >= 15 is 0 Å². The first-order valence-corrected chi connectivity index (χ1v) is 19.2. The second kappa shape index (κ2) is 11.4. The van der Waals surface area contributed by atoms with E-state index < -0.39 is 0 Å². The van der Waals surface area contributed by atoms with Crippen molar-refractivity contribution in [3.63, 3.8) is 0 Å². The zero-order valence-electron chi connectivity index (χ0n) is 30.4. The summed E-state index contributed by atoms with van der Waals surface area (Å²) in [7, 11) is 0. The van der Waals surface area contributed by atoms with E-state index in [4.69, 9.17) is 19.4 Å². The van der Waals surface area contributed by atoms with Crippen molar-refractivity contribution in [2.24, 2.45) is 0 Å². The minimum atomic E-state index is 0.588. The van der Waals surface area contributed by atoms with Crippen molar-refractivity contribution >= 4 is 81.8 Å². The number of aromatic nitrogens is 5. The number of furan rings is 1. The number of benzene rings is 8. The van der Waals surface area contributed by atoms with Crippen LogP contribution in [0.1, 0.15) is 0 Å². The van der Waals surface area contributed by atoms with Gasteiger partial charge in [-0.25, -0.2) is 15.0 Å². The van der Waals surface area contributed by atoms with Crippen LogP contribution in [0.2, 0.25) is 0 Å². The van der Waals surface area contributed by atoms with Gasteiger partial charge in [0.05, 0.1) is 27.6 Å². The monoisotopic (exact) mass is 727 g/mol. The molecule has 0 spiro atoms. The molecule has 6 heteroatoms. The second-order valence-electron chi connectivity index (χ2n) is 14.8. The molecule has 0 atom stereocenters. The number of hydrogen-bond acceptors (Lipinski definition) is 4. The first kappa shape index (κ1) is 30.5. The van der Waals surface area contributed by atoms with Crippen molar-refractivity contribution in [2.75, 3.05) is 0 Å². The van der Waals surface area contributed by atoms with Gasteiger partial charge in [-0.15, -0.1) is 0 Å². The Morgan fingerprint density at radius 2 is 0.877 bits per heavy atom. The highest BCUT2D eigenvalue weighted by molar-refractivity contribution is 6.23. The molecule has 5 heterocycles. The maximum absolute atomic E-state index is 6.28. The van der Waals surface area contributed by atoms with Crippen molar-refractivity contribution in [1.29, 1.82) is 0 Å². The predicted octanol–water partition coefficient (Wildman–Crippen LogP) is 13.0. The van der Waals surface area contributed by atoms with Crippen LogP contribution in [0.25, 0.3) is 122 Å². The second-order valence-corrected chi connectivity index (χ2v) is 14.8. The fourth-order valence-corrected chi connectivity index (χ4v) is 9.16. The molecular weight excluding hydrogens is 699 g/mol. The van der Waals surface area contributed by atoms with Crippen LogP contribution in [0.5, 0.6) is 0 Å². The molecule has 57 heavy (non-hydrogen) atoms. The maximum atomic E-state index is 6.28. The Morgan fingerprint density at radius 1 is 0.333 bits per heavy atom. The highest BCUT2D eigenvalue weighted by atomic mass is 16.3. The summed E-state index contributed by atoms with van der Waals surface area (Å²) in [6.45, 7) is 0. The van der Waals surface area contributed by atoms with Crippen LogP contribution in [0.4, 0.5) is 0 Å². The average molecular weight is 728 g/mol. The molecule has 0 unspecified atom stereocenters. The Morgan fingerprint density at radius 3 is 1.67 bits per heavy atom. The predicted molar refractivity (Wildman–Crippen MR) is 232 cm³/mol. The summed E-state index contributed by atoms with van der Waals surface area (Å²) in [5.41, 5.74) is 11.4. The normalized spacial score (nSPS) is 12.2. The number of fused-ring (bicyclic) bond motifs is 12. The summed E-state index contributed by atoms with van der Waals surface area (Å²) in [5, 5.41) is 9.59. The molecule has 6 nitrogen and oxygen atoms in total. The number of hydrogen-bond donors (Lipinski definition) is 0. The SMILES string of the molecule is c1ccc(-c2nc(-c3ccc4c(c3)oc3ccccc34)nc(-c3ccc4c5ccccc5n(-c5ccc6c7cccc8c9ccccc9n(c6c5)c87)c4c3)n2)cc1. The average Bonchev–Trinajstić information content (AvgIpc) is 4.01. The summed E-state index contributed by atoms with van der Waals surface area (Å²) in [4.78, 5) is 15.3. The zero-order valence-corrected chi connectivity index (χ0v) is 30.4. The molecule has 0 bridgehead atoms. The Kier molecular flexibility index (Phi) is 6.07. The van der Waals surface area contributed by atoms with E-state index in [9.17, 15) is 0 Å². The Labute approximate surface area is 324 Å². The van der Waals surface area contributed by atoms with Gasteiger partial charge < -0.3 is 13.4 Å². The van der Waals surface area contributed by atoms with Crippen LogP contribution in [0.3, 0.4) is 0 Å². The van der Waals surface area contributed by atoms with Gasteiger partial charge in [-0.1, -0.05) is 127 Å². The minimum Gasteiger partial charge on any atom is -0.456 e. The summed E-state index contributed by atoms with van der Waals surface area (Å²) >= 11 is 0. The fraction of sp³-hybridized carbons (Fsp3) is 0. The van der Waals surface area contributed by atoms with Crippen LogP contribution in [-0.4, -0.2) is 23.9 Å². The van der Waals surface area contributed by atoms with Gasteiger partial charge in [0, 0.05) is 65.5 Å². The molecule has 0 aliphatic carbocycles. The first-order valence-electron chi connectivity index (χ1n) is 19.2. The number of rotatable bonds is 4. The van der Waals surface area contributed by atoms with E-state index in [2.05, 4.69) is 130 Å². The zero-order chi connectivity index (χ0) is 37.2. The van der Waals surface area contributed by atoms with Crippen molar-refractivity contribution < 1.29 is 4.42 Å². The lowest BCUT2D eigenvalue weighted by molar-refractivity contribution is 0.669. The highest BCUT2D eigenvalue weighted by Crippen LogP contribution is 2.41. The number of para-hydroxylation sites is 4. The van der Waals surface area contributed by atoms with E-state index in [1.807, 2.05) is 54.6 Å². The Hall–Kier alpha value is -7.83. The van der Waals surface area contributed by atoms with Gasteiger partial charge in [0.25, 0.3) is 0 Å². The molecule has 0 saturated carbocycles. The maximum Gasteiger partial charge on any atom is 0.164 e. The summed E-state index contributed by atoms with van der Waals surface area (Å²) < 4.78 is 11.1. The minimum absolute atomic E-state index is 0.588. The largest absolute Gasteiger partial charge is 0.456 e. The van der Waals surface area contributed by atoms with Gasteiger partial charge in [-0.05, 0) is 48.5 Å². The molecule has 0 N–H and O–H groups in total. The molecule has 0 aliphatic rings. The van der Waals surface area contributed by atoms with Gasteiger partial charge in [0.2, 0.25) is 0 Å².